The van der Waals surface area contributed by atoms with Crippen molar-refractivity contribution in [1.29, 1.82) is 0 Å². The minimum absolute atomic E-state index is 0.562. The molecular formula is C13H17NO. The first kappa shape index (κ1) is 10.4. The Balaban J connectivity index is 2.29. The molecule has 0 spiro atoms. The molecule has 0 radical (unpaired) electrons. The highest BCUT2D eigenvalue weighted by Crippen LogP contribution is 2.27. The van der Waals surface area contributed by atoms with Crippen LogP contribution >= 0.6 is 0 Å². The summed E-state index contributed by atoms with van der Waals surface area (Å²) in [4.78, 5) is 11.0. The maximum Gasteiger partial charge on any atom is 0.150 e. The van der Waals surface area contributed by atoms with Gasteiger partial charge in [-0.05, 0) is 50.4 Å². The lowest BCUT2D eigenvalue weighted by atomic mass is 9.87. The van der Waals surface area contributed by atoms with Crippen LogP contribution in [0.4, 0.5) is 0 Å². The summed E-state index contributed by atoms with van der Waals surface area (Å²) in [6, 6.07) is 6.21. The quantitative estimate of drug-likeness (QED) is 0.747. The third-order valence-corrected chi connectivity index (χ3v) is 3.15. The Hall–Kier alpha value is -1.15. The van der Waals surface area contributed by atoms with Gasteiger partial charge in [0.1, 0.15) is 6.29 Å². The van der Waals surface area contributed by atoms with Crippen LogP contribution in [-0.2, 0) is 0 Å². The molecule has 0 aromatic heterocycles. The predicted octanol–water partition coefficient (Wildman–Crippen LogP) is 2.27. The second-order valence-corrected chi connectivity index (χ2v) is 4.27. The number of aldehydes is 1. The van der Waals surface area contributed by atoms with Crippen molar-refractivity contribution in [3.63, 3.8) is 0 Å². The van der Waals surface area contributed by atoms with Gasteiger partial charge in [0.2, 0.25) is 0 Å². The van der Waals surface area contributed by atoms with Gasteiger partial charge in [0.15, 0.2) is 0 Å². The second kappa shape index (κ2) is 4.58. The molecule has 1 fully saturated rings. The molecule has 2 nitrogen and oxygen atoms in total. The fourth-order valence-electron chi connectivity index (χ4n) is 2.30. The molecule has 15 heavy (non-hydrogen) atoms. The molecule has 0 aliphatic carbocycles. The van der Waals surface area contributed by atoms with E-state index in [9.17, 15) is 4.79 Å². The van der Waals surface area contributed by atoms with Gasteiger partial charge in [-0.25, -0.2) is 0 Å². The smallest absolute Gasteiger partial charge is 0.150 e. The molecule has 1 aromatic rings. The molecule has 1 N–H and O–H groups in total. The van der Waals surface area contributed by atoms with E-state index in [0.717, 1.165) is 43.3 Å². The van der Waals surface area contributed by atoms with E-state index in [1.165, 1.54) is 5.56 Å². The zero-order chi connectivity index (χ0) is 10.7. The van der Waals surface area contributed by atoms with Crippen molar-refractivity contribution in [3.8, 4) is 0 Å². The number of rotatable bonds is 2. The lowest BCUT2D eigenvalue weighted by molar-refractivity contribution is 0.112. The number of hydrogen-bond donors (Lipinski definition) is 1. The SMILES string of the molecule is Cc1ccc(C2CCNCC2)c(C=O)c1. The average Bonchev–Trinajstić information content (AvgIpc) is 2.30. The van der Waals surface area contributed by atoms with Crippen molar-refractivity contribution in [3.05, 3.63) is 34.9 Å². The number of carbonyl (C=O) groups is 1. The molecule has 0 bridgehead atoms. The van der Waals surface area contributed by atoms with E-state index in [1.54, 1.807) is 0 Å². The summed E-state index contributed by atoms with van der Waals surface area (Å²) in [5, 5.41) is 3.35. The first-order valence-corrected chi connectivity index (χ1v) is 5.57. The van der Waals surface area contributed by atoms with E-state index < -0.39 is 0 Å². The predicted molar refractivity (Wildman–Crippen MR) is 61.4 cm³/mol. The third-order valence-electron chi connectivity index (χ3n) is 3.15. The zero-order valence-corrected chi connectivity index (χ0v) is 9.12. The van der Waals surface area contributed by atoms with Crippen LogP contribution in [0.25, 0.3) is 0 Å². The largest absolute Gasteiger partial charge is 0.317 e. The molecular weight excluding hydrogens is 186 g/mol. The third kappa shape index (κ3) is 2.26. The standard InChI is InChI=1S/C13H17NO/c1-10-2-3-13(12(8-10)9-15)11-4-6-14-7-5-11/h2-3,8-9,11,14H,4-7H2,1H3. The summed E-state index contributed by atoms with van der Waals surface area (Å²) in [5.41, 5.74) is 3.27. The van der Waals surface area contributed by atoms with Crippen LogP contribution in [-0.4, -0.2) is 19.4 Å². The number of nitrogens with one attached hydrogen (secondary N) is 1. The minimum Gasteiger partial charge on any atom is -0.317 e. The first-order valence-electron chi connectivity index (χ1n) is 5.57. The molecule has 2 rings (SSSR count). The Morgan fingerprint density at radius 2 is 2.07 bits per heavy atom. The van der Waals surface area contributed by atoms with Crippen molar-refractivity contribution in [2.24, 2.45) is 0 Å². The number of carbonyl (C=O) groups excluding carboxylic acids is 1. The van der Waals surface area contributed by atoms with E-state index >= 15 is 0 Å². The van der Waals surface area contributed by atoms with E-state index in [0.29, 0.717) is 5.92 Å². The lowest BCUT2D eigenvalue weighted by Crippen LogP contribution is -2.27. The summed E-state index contributed by atoms with van der Waals surface area (Å²) in [6.45, 7) is 4.16. The molecule has 1 aromatic carbocycles. The summed E-state index contributed by atoms with van der Waals surface area (Å²) in [5.74, 6) is 0.562. The number of benzene rings is 1. The fraction of sp³-hybridized carbons (Fsp3) is 0.462. The molecule has 1 saturated heterocycles. The lowest BCUT2D eigenvalue weighted by Gasteiger charge is -2.24. The van der Waals surface area contributed by atoms with Gasteiger partial charge in [-0.2, -0.15) is 0 Å². The maximum atomic E-state index is 11.0. The number of hydrogen-bond acceptors (Lipinski definition) is 2. The van der Waals surface area contributed by atoms with Crippen LogP contribution in [0.2, 0.25) is 0 Å². The number of aryl methyl sites for hydroxylation is 1. The van der Waals surface area contributed by atoms with Crippen molar-refractivity contribution < 1.29 is 4.79 Å². The van der Waals surface area contributed by atoms with Crippen LogP contribution in [0.5, 0.6) is 0 Å². The van der Waals surface area contributed by atoms with Gasteiger partial charge in [0.05, 0.1) is 0 Å². The van der Waals surface area contributed by atoms with Crippen LogP contribution in [0.3, 0.4) is 0 Å². The van der Waals surface area contributed by atoms with E-state index in [-0.39, 0.29) is 0 Å². The summed E-state index contributed by atoms with van der Waals surface area (Å²) < 4.78 is 0. The van der Waals surface area contributed by atoms with Crippen molar-refractivity contribution in [2.75, 3.05) is 13.1 Å². The molecule has 1 aliphatic rings. The van der Waals surface area contributed by atoms with Gasteiger partial charge in [-0.1, -0.05) is 17.7 Å². The van der Waals surface area contributed by atoms with Gasteiger partial charge in [-0.3, -0.25) is 4.79 Å². The average molecular weight is 203 g/mol. The van der Waals surface area contributed by atoms with Crippen molar-refractivity contribution in [1.82, 2.24) is 5.32 Å². The van der Waals surface area contributed by atoms with Crippen LogP contribution < -0.4 is 5.32 Å². The Morgan fingerprint density at radius 3 is 2.73 bits per heavy atom. The zero-order valence-electron chi connectivity index (χ0n) is 9.12. The van der Waals surface area contributed by atoms with Crippen LogP contribution in [0.15, 0.2) is 18.2 Å². The Bertz CT molecular complexity index is 354. The van der Waals surface area contributed by atoms with Gasteiger partial charge in [-0.15, -0.1) is 0 Å². The topological polar surface area (TPSA) is 29.1 Å². The Morgan fingerprint density at radius 1 is 1.33 bits per heavy atom. The second-order valence-electron chi connectivity index (χ2n) is 4.27. The van der Waals surface area contributed by atoms with Crippen molar-refractivity contribution >= 4 is 6.29 Å². The molecule has 0 atom stereocenters. The normalized spacial score (nSPS) is 17.7. The maximum absolute atomic E-state index is 11.0. The van der Waals surface area contributed by atoms with Gasteiger partial charge >= 0.3 is 0 Å². The Labute approximate surface area is 90.7 Å². The molecule has 1 aliphatic heterocycles. The van der Waals surface area contributed by atoms with E-state index in [2.05, 4.69) is 17.4 Å². The molecule has 0 unspecified atom stereocenters. The monoisotopic (exact) mass is 203 g/mol. The highest BCUT2D eigenvalue weighted by Gasteiger charge is 2.17. The molecule has 2 heteroatoms. The highest BCUT2D eigenvalue weighted by atomic mass is 16.1. The van der Waals surface area contributed by atoms with Gasteiger partial charge in [0, 0.05) is 5.56 Å². The number of piperidine rings is 1. The molecule has 0 saturated carbocycles. The first-order chi connectivity index (χ1) is 7.31. The highest BCUT2D eigenvalue weighted by molar-refractivity contribution is 5.78. The van der Waals surface area contributed by atoms with E-state index in [1.807, 2.05) is 13.0 Å². The molecule has 0 amide bonds. The summed E-state index contributed by atoms with van der Waals surface area (Å²) in [7, 11) is 0. The Kier molecular flexibility index (Phi) is 3.17. The van der Waals surface area contributed by atoms with E-state index in [4.69, 9.17) is 0 Å². The van der Waals surface area contributed by atoms with Gasteiger partial charge < -0.3 is 5.32 Å². The van der Waals surface area contributed by atoms with Crippen LogP contribution in [0.1, 0.15) is 40.2 Å². The minimum atomic E-state index is 0.562. The molecule has 1 heterocycles. The van der Waals surface area contributed by atoms with Gasteiger partial charge in [0.25, 0.3) is 0 Å². The fourth-order valence-corrected chi connectivity index (χ4v) is 2.30. The van der Waals surface area contributed by atoms with Crippen molar-refractivity contribution in [2.45, 2.75) is 25.7 Å². The summed E-state index contributed by atoms with van der Waals surface area (Å²) in [6.07, 6.45) is 3.28. The van der Waals surface area contributed by atoms with Crippen LogP contribution in [0, 0.1) is 6.92 Å². The summed E-state index contributed by atoms with van der Waals surface area (Å²) >= 11 is 0. The molecule has 80 valence electrons.